The van der Waals surface area contributed by atoms with Crippen molar-refractivity contribution in [3.63, 3.8) is 0 Å². The van der Waals surface area contributed by atoms with Gasteiger partial charge in [0.25, 0.3) is 0 Å². The number of Topliss-reactive ketones (excluding diaryl/α,β-unsaturated/α-hetero) is 1. The van der Waals surface area contributed by atoms with Crippen molar-refractivity contribution < 1.29 is 9.59 Å². The number of benzene rings is 3. The third-order valence-electron chi connectivity index (χ3n) is 3.85. The number of carbonyl (C=O) groups is 2. The van der Waals surface area contributed by atoms with E-state index in [9.17, 15) is 9.59 Å². The number of aldehydes is 1. The van der Waals surface area contributed by atoms with Gasteiger partial charge < -0.3 is 4.79 Å². The van der Waals surface area contributed by atoms with E-state index in [0.29, 0.717) is 6.42 Å². The Morgan fingerprint density at radius 1 is 0.864 bits per heavy atom. The van der Waals surface area contributed by atoms with Gasteiger partial charge >= 0.3 is 0 Å². The first kappa shape index (κ1) is 14.2. The van der Waals surface area contributed by atoms with Crippen LogP contribution >= 0.6 is 0 Å². The molecule has 2 heteroatoms. The summed E-state index contributed by atoms with van der Waals surface area (Å²) in [5, 5.41) is 2.17. The predicted octanol–water partition coefficient (Wildman–Crippen LogP) is 4.45. The van der Waals surface area contributed by atoms with Crippen LogP contribution in [0.15, 0.2) is 60.7 Å². The number of carbonyl (C=O) groups excluding carboxylic acids is 2. The summed E-state index contributed by atoms with van der Waals surface area (Å²) in [5.41, 5.74) is 4.00. The predicted molar refractivity (Wildman–Crippen MR) is 89.2 cm³/mol. The van der Waals surface area contributed by atoms with E-state index < -0.39 is 0 Å². The molecule has 3 rings (SSSR count). The first-order chi connectivity index (χ1) is 10.7. The second-order valence-electron chi connectivity index (χ2n) is 5.40. The molecule has 0 radical (unpaired) electrons. The van der Waals surface area contributed by atoms with Gasteiger partial charge in [-0.25, -0.2) is 0 Å². The maximum Gasteiger partial charge on any atom is 0.159 e. The van der Waals surface area contributed by atoms with E-state index >= 15 is 0 Å². The van der Waals surface area contributed by atoms with Crippen molar-refractivity contribution in [1.82, 2.24) is 0 Å². The molecule has 0 aromatic heterocycles. The van der Waals surface area contributed by atoms with Crippen molar-refractivity contribution >= 4 is 22.8 Å². The van der Waals surface area contributed by atoms with Gasteiger partial charge in [-0.1, -0.05) is 48.5 Å². The lowest BCUT2D eigenvalue weighted by atomic mass is 9.98. The van der Waals surface area contributed by atoms with E-state index in [0.717, 1.165) is 39.3 Å². The summed E-state index contributed by atoms with van der Waals surface area (Å²) in [6.07, 6.45) is 1.36. The van der Waals surface area contributed by atoms with Gasteiger partial charge in [0.1, 0.15) is 6.29 Å². The Morgan fingerprint density at radius 3 is 2.18 bits per heavy atom. The average molecular weight is 288 g/mol. The van der Waals surface area contributed by atoms with Crippen LogP contribution in [0, 0.1) is 0 Å². The minimum atomic E-state index is 0.0803. The van der Waals surface area contributed by atoms with Gasteiger partial charge in [0.05, 0.1) is 0 Å². The van der Waals surface area contributed by atoms with Crippen molar-refractivity contribution in [2.75, 3.05) is 0 Å². The molecule has 0 spiro atoms. The van der Waals surface area contributed by atoms with Crippen molar-refractivity contribution in [3.8, 4) is 11.1 Å². The lowest BCUT2D eigenvalue weighted by Gasteiger charge is -2.06. The molecular weight excluding hydrogens is 272 g/mol. The van der Waals surface area contributed by atoms with E-state index in [-0.39, 0.29) is 5.78 Å². The molecule has 0 bridgehead atoms. The molecule has 0 aliphatic rings. The van der Waals surface area contributed by atoms with Gasteiger partial charge in [-0.3, -0.25) is 4.79 Å². The zero-order chi connectivity index (χ0) is 15.5. The highest BCUT2D eigenvalue weighted by Crippen LogP contribution is 2.25. The standard InChI is InChI=1S/C20H16O2/c1-14(22)17-6-7-20-13-18(8-9-19(20)12-17)16-4-2-15(3-5-16)10-11-21/h2-9,11-13H,10H2,1H3. The maximum atomic E-state index is 11.4. The first-order valence-corrected chi connectivity index (χ1v) is 7.25. The van der Waals surface area contributed by atoms with E-state index in [1.165, 1.54) is 0 Å². The minimum absolute atomic E-state index is 0.0803. The van der Waals surface area contributed by atoms with Gasteiger partial charge in [0.15, 0.2) is 5.78 Å². The number of rotatable bonds is 4. The van der Waals surface area contributed by atoms with Crippen LogP contribution in [0.4, 0.5) is 0 Å². The molecule has 0 amide bonds. The van der Waals surface area contributed by atoms with Crippen LogP contribution in [0.2, 0.25) is 0 Å². The van der Waals surface area contributed by atoms with Gasteiger partial charge in [-0.05, 0) is 46.5 Å². The number of hydrogen-bond acceptors (Lipinski definition) is 2. The van der Waals surface area contributed by atoms with Crippen LogP contribution in [0.1, 0.15) is 22.8 Å². The van der Waals surface area contributed by atoms with E-state index in [1.54, 1.807) is 6.92 Å². The van der Waals surface area contributed by atoms with Crippen LogP contribution in [0.25, 0.3) is 21.9 Å². The second-order valence-corrected chi connectivity index (χ2v) is 5.40. The van der Waals surface area contributed by atoms with Crippen LogP contribution < -0.4 is 0 Å². The average Bonchev–Trinajstić information content (AvgIpc) is 2.55. The van der Waals surface area contributed by atoms with Gasteiger partial charge in [-0.2, -0.15) is 0 Å². The highest BCUT2D eigenvalue weighted by atomic mass is 16.1. The van der Waals surface area contributed by atoms with E-state index in [4.69, 9.17) is 0 Å². The number of hydrogen-bond donors (Lipinski definition) is 0. The summed E-state index contributed by atoms with van der Waals surface area (Å²) in [5.74, 6) is 0.0803. The first-order valence-electron chi connectivity index (χ1n) is 7.25. The molecule has 0 N–H and O–H groups in total. The Bertz CT molecular complexity index is 845. The summed E-state index contributed by atoms with van der Waals surface area (Å²) in [6, 6.07) is 20.0. The third kappa shape index (κ3) is 2.82. The van der Waals surface area contributed by atoms with Crippen LogP contribution in [0.3, 0.4) is 0 Å². The molecule has 0 atom stereocenters. The molecule has 0 saturated heterocycles. The molecule has 2 nitrogen and oxygen atoms in total. The summed E-state index contributed by atoms with van der Waals surface area (Å²) in [7, 11) is 0. The zero-order valence-corrected chi connectivity index (χ0v) is 12.4. The topological polar surface area (TPSA) is 34.1 Å². The monoisotopic (exact) mass is 288 g/mol. The molecule has 3 aromatic rings. The molecule has 0 unspecified atom stereocenters. The SMILES string of the molecule is CC(=O)c1ccc2cc(-c3ccc(CC=O)cc3)ccc2c1. The molecule has 0 aliphatic carbocycles. The highest BCUT2D eigenvalue weighted by molar-refractivity contribution is 5.99. The summed E-state index contributed by atoms with van der Waals surface area (Å²) >= 11 is 0. The molecule has 22 heavy (non-hydrogen) atoms. The molecule has 0 heterocycles. The Labute approximate surface area is 129 Å². The van der Waals surface area contributed by atoms with Gasteiger partial charge in [0.2, 0.25) is 0 Å². The van der Waals surface area contributed by atoms with Crippen molar-refractivity contribution in [2.45, 2.75) is 13.3 Å². The summed E-state index contributed by atoms with van der Waals surface area (Å²) < 4.78 is 0. The third-order valence-corrected chi connectivity index (χ3v) is 3.85. The van der Waals surface area contributed by atoms with Crippen molar-refractivity contribution in [3.05, 3.63) is 71.8 Å². The number of fused-ring (bicyclic) bond motifs is 1. The fourth-order valence-electron chi connectivity index (χ4n) is 2.57. The van der Waals surface area contributed by atoms with Crippen LogP contribution in [0.5, 0.6) is 0 Å². The normalized spacial score (nSPS) is 10.6. The Hall–Kier alpha value is -2.74. The minimum Gasteiger partial charge on any atom is -0.303 e. The van der Waals surface area contributed by atoms with Crippen LogP contribution in [-0.4, -0.2) is 12.1 Å². The fourth-order valence-corrected chi connectivity index (χ4v) is 2.57. The zero-order valence-electron chi connectivity index (χ0n) is 12.4. The summed E-state index contributed by atoms with van der Waals surface area (Å²) in [4.78, 5) is 22.0. The molecule has 0 fully saturated rings. The van der Waals surface area contributed by atoms with E-state index in [1.807, 2.05) is 48.5 Å². The van der Waals surface area contributed by atoms with E-state index in [2.05, 4.69) is 12.1 Å². The fraction of sp³-hybridized carbons (Fsp3) is 0.100. The lowest BCUT2D eigenvalue weighted by Crippen LogP contribution is -1.91. The Balaban J connectivity index is 1.99. The van der Waals surface area contributed by atoms with Crippen molar-refractivity contribution in [1.29, 1.82) is 0 Å². The second kappa shape index (κ2) is 5.94. The van der Waals surface area contributed by atoms with Gasteiger partial charge in [0, 0.05) is 12.0 Å². The van der Waals surface area contributed by atoms with Crippen LogP contribution in [-0.2, 0) is 11.2 Å². The Kier molecular flexibility index (Phi) is 3.84. The Morgan fingerprint density at radius 2 is 1.50 bits per heavy atom. The maximum absolute atomic E-state index is 11.4. The van der Waals surface area contributed by atoms with Gasteiger partial charge in [-0.15, -0.1) is 0 Å². The van der Waals surface area contributed by atoms with Crippen molar-refractivity contribution in [2.24, 2.45) is 0 Å². The molecule has 108 valence electrons. The smallest absolute Gasteiger partial charge is 0.159 e. The molecule has 0 saturated carbocycles. The highest BCUT2D eigenvalue weighted by Gasteiger charge is 2.03. The quantitative estimate of drug-likeness (QED) is 0.525. The number of ketones is 1. The molecule has 0 aliphatic heterocycles. The lowest BCUT2D eigenvalue weighted by molar-refractivity contribution is -0.107. The molecular formula is C20H16O2. The molecule has 3 aromatic carbocycles. The largest absolute Gasteiger partial charge is 0.303 e. The summed E-state index contributed by atoms with van der Waals surface area (Å²) in [6.45, 7) is 1.58.